The first-order valence-corrected chi connectivity index (χ1v) is 6.65. The molecule has 1 unspecified atom stereocenters. The van der Waals surface area contributed by atoms with Crippen molar-refractivity contribution in [3.05, 3.63) is 42.2 Å². The topological polar surface area (TPSA) is 85.8 Å². The van der Waals surface area contributed by atoms with Crippen molar-refractivity contribution in [1.29, 1.82) is 0 Å². The van der Waals surface area contributed by atoms with Gasteiger partial charge in [0.05, 0.1) is 6.04 Å². The number of hydrogen-bond acceptors (Lipinski definition) is 4. The Labute approximate surface area is 117 Å². The van der Waals surface area contributed by atoms with Crippen LogP contribution in [0, 0.1) is 5.92 Å². The number of amides is 1. The van der Waals surface area contributed by atoms with E-state index in [1.165, 1.54) is 6.20 Å². The van der Waals surface area contributed by atoms with E-state index < -0.39 is 0 Å². The molecule has 1 fully saturated rings. The Balaban J connectivity index is 1.81. The molecule has 0 saturated heterocycles. The number of nitrogens with one attached hydrogen (secondary N) is 1. The Morgan fingerprint density at radius 2 is 2.25 bits per heavy atom. The number of anilines is 1. The van der Waals surface area contributed by atoms with E-state index >= 15 is 0 Å². The second-order valence-corrected chi connectivity index (χ2v) is 5.16. The number of carbonyl (C=O) groups is 1. The number of nitrogen functional groups attached to an aromatic ring is 1. The Morgan fingerprint density at radius 3 is 2.85 bits per heavy atom. The first-order chi connectivity index (χ1) is 9.65. The van der Waals surface area contributed by atoms with E-state index in [0.29, 0.717) is 17.3 Å². The van der Waals surface area contributed by atoms with E-state index in [1.807, 2.05) is 17.8 Å². The molecule has 0 aliphatic heterocycles. The summed E-state index contributed by atoms with van der Waals surface area (Å²) in [5.41, 5.74) is 6.55. The fourth-order valence-electron chi connectivity index (χ4n) is 2.29. The molecule has 2 heterocycles. The number of nitrogens with two attached hydrogens (primary N) is 1. The highest BCUT2D eigenvalue weighted by Gasteiger charge is 2.36. The first kappa shape index (κ1) is 12.7. The molecular formula is C14H17N5O. The SMILES string of the molecule is Cn1ccnc1C(NC(=O)c1cc(N)ccn1)C1CC1. The van der Waals surface area contributed by atoms with Gasteiger partial charge in [0.25, 0.3) is 5.91 Å². The van der Waals surface area contributed by atoms with Crippen molar-refractivity contribution in [2.75, 3.05) is 5.73 Å². The van der Waals surface area contributed by atoms with Gasteiger partial charge in [0.1, 0.15) is 11.5 Å². The molecule has 1 aliphatic rings. The fourth-order valence-corrected chi connectivity index (χ4v) is 2.29. The second-order valence-electron chi connectivity index (χ2n) is 5.16. The Bertz CT molecular complexity index is 632. The lowest BCUT2D eigenvalue weighted by Crippen LogP contribution is -2.32. The van der Waals surface area contributed by atoms with Crippen molar-refractivity contribution in [2.45, 2.75) is 18.9 Å². The fraction of sp³-hybridized carbons (Fsp3) is 0.357. The van der Waals surface area contributed by atoms with E-state index in [-0.39, 0.29) is 11.9 Å². The summed E-state index contributed by atoms with van der Waals surface area (Å²) in [6.45, 7) is 0. The van der Waals surface area contributed by atoms with Crippen LogP contribution in [0.2, 0.25) is 0 Å². The molecule has 0 radical (unpaired) electrons. The van der Waals surface area contributed by atoms with Crippen molar-refractivity contribution in [2.24, 2.45) is 13.0 Å². The van der Waals surface area contributed by atoms with Gasteiger partial charge in [-0.1, -0.05) is 0 Å². The van der Waals surface area contributed by atoms with Crippen LogP contribution in [0.15, 0.2) is 30.7 Å². The Hall–Kier alpha value is -2.37. The lowest BCUT2D eigenvalue weighted by molar-refractivity contribution is 0.0924. The zero-order chi connectivity index (χ0) is 14.1. The highest BCUT2D eigenvalue weighted by molar-refractivity contribution is 5.93. The number of aryl methyl sites for hydroxylation is 1. The van der Waals surface area contributed by atoms with Gasteiger partial charge < -0.3 is 15.6 Å². The minimum absolute atomic E-state index is 0.0641. The summed E-state index contributed by atoms with van der Waals surface area (Å²) in [5.74, 6) is 1.13. The van der Waals surface area contributed by atoms with E-state index in [9.17, 15) is 4.79 Å². The van der Waals surface area contributed by atoms with Gasteiger partial charge in [-0.05, 0) is 30.9 Å². The van der Waals surface area contributed by atoms with Gasteiger partial charge in [-0.3, -0.25) is 9.78 Å². The molecule has 6 nitrogen and oxygen atoms in total. The minimum atomic E-state index is -0.211. The van der Waals surface area contributed by atoms with Gasteiger partial charge in [0, 0.05) is 31.3 Å². The van der Waals surface area contributed by atoms with Crippen molar-refractivity contribution < 1.29 is 4.79 Å². The Morgan fingerprint density at radius 1 is 1.45 bits per heavy atom. The van der Waals surface area contributed by atoms with Crippen molar-refractivity contribution >= 4 is 11.6 Å². The number of hydrogen-bond donors (Lipinski definition) is 2. The summed E-state index contributed by atoms with van der Waals surface area (Å²) in [4.78, 5) is 20.7. The second kappa shape index (κ2) is 4.96. The molecule has 3 N–H and O–H groups in total. The molecule has 1 saturated carbocycles. The summed E-state index contributed by atoms with van der Waals surface area (Å²) >= 11 is 0. The van der Waals surface area contributed by atoms with Crippen LogP contribution in [0.1, 0.15) is 35.2 Å². The summed E-state index contributed by atoms with van der Waals surface area (Å²) < 4.78 is 1.94. The predicted octanol–water partition coefficient (Wildman–Crippen LogP) is 1.28. The van der Waals surface area contributed by atoms with Crippen molar-refractivity contribution in [1.82, 2.24) is 19.9 Å². The van der Waals surface area contributed by atoms with Crippen LogP contribution in [-0.4, -0.2) is 20.4 Å². The summed E-state index contributed by atoms with van der Waals surface area (Å²) in [6, 6.07) is 3.18. The number of nitrogens with zero attached hydrogens (tertiary/aromatic N) is 3. The van der Waals surface area contributed by atoms with Gasteiger partial charge in [0.2, 0.25) is 0 Å². The zero-order valence-electron chi connectivity index (χ0n) is 11.3. The zero-order valence-corrected chi connectivity index (χ0v) is 11.3. The standard InChI is InChI=1S/C14H17N5O/c1-19-7-6-17-13(19)12(9-2-3-9)18-14(20)11-8-10(15)4-5-16-11/h4-9,12H,2-3H2,1H3,(H2,15,16)(H,18,20). The average molecular weight is 271 g/mol. The maximum absolute atomic E-state index is 12.3. The molecule has 1 aliphatic carbocycles. The minimum Gasteiger partial charge on any atom is -0.399 e. The number of rotatable bonds is 4. The highest BCUT2D eigenvalue weighted by atomic mass is 16.2. The molecular weight excluding hydrogens is 254 g/mol. The summed E-state index contributed by atoms with van der Waals surface area (Å²) in [5, 5.41) is 3.03. The van der Waals surface area contributed by atoms with Gasteiger partial charge in [0.15, 0.2) is 0 Å². The maximum Gasteiger partial charge on any atom is 0.270 e. The summed E-state index contributed by atoms with van der Waals surface area (Å²) in [7, 11) is 1.93. The molecule has 0 aromatic carbocycles. The van der Waals surface area contributed by atoms with Crippen LogP contribution < -0.4 is 11.1 Å². The molecule has 20 heavy (non-hydrogen) atoms. The average Bonchev–Trinajstić information content (AvgIpc) is 3.18. The number of pyridine rings is 1. The molecule has 104 valence electrons. The summed E-state index contributed by atoms with van der Waals surface area (Å²) in [6.07, 6.45) is 7.40. The molecule has 0 bridgehead atoms. The molecule has 6 heteroatoms. The van der Waals surface area contributed by atoms with Crippen molar-refractivity contribution in [3.63, 3.8) is 0 Å². The molecule has 3 rings (SSSR count). The maximum atomic E-state index is 12.3. The van der Waals surface area contributed by atoms with Gasteiger partial charge in [-0.15, -0.1) is 0 Å². The molecule has 1 atom stereocenters. The van der Waals surface area contributed by atoms with Crippen LogP contribution in [0.4, 0.5) is 5.69 Å². The Kier molecular flexibility index (Phi) is 3.14. The first-order valence-electron chi connectivity index (χ1n) is 6.65. The highest BCUT2D eigenvalue weighted by Crippen LogP contribution is 2.40. The van der Waals surface area contributed by atoms with E-state index in [2.05, 4.69) is 15.3 Å². The number of imidazole rings is 1. The van der Waals surface area contributed by atoms with Crippen LogP contribution in [0.25, 0.3) is 0 Å². The quantitative estimate of drug-likeness (QED) is 0.877. The van der Waals surface area contributed by atoms with E-state index in [4.69, 9.17) is 5.73 Å². The third kappa shape index (κ3) is 2.49. The van der Waals surface area contributed by atoms with Crippen LogP contribution in [0.5, 0.6) is 0 Å². The molecule has 2 aromatic rings. The molecule has 1 amide bonds. The van der Waals surface area contributed by atoms with E-state index in [0.717, 1.165) is 18.7 Å². The smallest absolute Gasteiger partial charge is 0.270 e. The van der Waals surface area contributed by atoms with Crippen LogP contribution in [-0.2, 0) is 7.05 Å². The van der Waals surface area contributed by atoms with Gasteiger partial charge in [-0.2, -0.15) is 0 Å². The van der Waals surface area contributed by atoms with Gasteiger partial charge >= 0.3 is 0 Å². The van der Waals surface area contributed by atoms with Crippen LogP contribution in [0.3, 0.4) is 0 Å². The van der Waals surface area contributed by atoms with Gasteiger partial charge in [-0.25, -0.2) is 4.98 Å². The molecule has 2 aromatic heterocycles. The number of carbonyl (C=O) groups excluding carboxylic acids is 1. The lowest BCUT2D eigenvalue weighted by Gasteiger charge is -2.17. The monoisotopic (exact) mass is 271 g/mol. The third-order valence-electron chi connectivity index (χ3n) is 3.53. The van der Waals surface area contributed by atoms with Crippen molar-refractivity contribution in [3.8, 4) is 0 Å². The van der Waals surface area contributed by atoms with E-state index in [1.54, 1.807) is 18.3 Å². The van der Waals surface area contributed by atoms with Crippen LogP contribution >= 0.6 is 0 Å². The lowest BCUT2D eigenvalue weighted by atomic mass is 10.1. The predicted molar refractivity (Wildman–Crippen MR) is 74.8 cm³/mol. The largest absolute Gasteiger partial charge is 0.399 e. The normalized spacial score (nSPS) is 15.8. The molecule has 0 spiro atoms. The third-order valence-corrected chi connectivity index (χ3v) is 3.53. The number of aromatic nitrogens is 3.